The third-order valence-electron chi connectivity index (χ3n) is 1.54. The first-order valence-electron chi connectivity index (χ1n) is 3.90. The summed E-state index contributed by atoms with van der Waals surface area (Å²) in [5.74, 6) is -0.635. The van der Waals surface area contributed by atoms with Gasteiger partial charge in [0.15, 0.2) is 0 Å². The topological polar surface area (TPSA) is 77.0 Å². The molecule has 0 spiro atoms. The van der Waals surface area contributed by atoms with Crippen molar-refractivity contribution in [1.29, 1.82) is 0 Å². The molecule has 1 heterocycles. The highest BCUT2D eigenvalue weighted by Gasteiger charge is 2.12. The summed E-state index contributed by atoms with van der Waals surface area (Å²) in [5, 5.41) is 5.66. The largest absolute Gasteiger partial charge is 0.461 e. The Hall–Kier alpha value is -1.50. The van der Waals surface area contributed by atoms with Crippen molar-refractivity contribution in [2.45, 2.75) is 6.92 Å². The van der Waals surface area contributed by atoms with E-state index in [-0.39, 0.29) is 16.9 Å². The van der Waals surface area contributed by atoms with Crippen molar-refractivity contribution in [3.05, 3.63) is 20.8 Å². The van der Waals surface area contributed by atoms with E-state index < -0.39 is 11.7 Å². The van der Waals surface area contributed by atoms with Crippen LogP contribution in [0.3, 0.4) is 0 Å². The average molecular weight is 215 g/mol. The lowest BCUT2D eigenvalue weighted by molar-refractivity contribution is 0.0515. The van der Waals surface area contributed by atoms with Gasteiger partial charge in [0, 0.05) is 7.05 Å². The van der Waals surface area contributed by atoms with Gasteiger partial charge in [-0.15, -0.1) is 0 Å². The fourth-order valence-corrected chi connectivity index (χ4v) is 1.02. The Morgan fingerprint density at radius 2 is 2.36 bits per heavy atom. The van der Waals surface area contributed by atoms with Crippen LogP contribution in [0.4, 0.5) is 0 Å². The number of nitrogens with one attached hydrogen (secondary N) is 1. The van der Waals surface area contributed by atoms with Crippen LogP contribution in [0.5, 0.6) is 0 Å². The maximum Gasteiger partial charge on any atom is 0.361 e. The fraction of sp³-hybridized carbons (Fsp3) is 0.429. The summed E-state index contributed by atoms with van der Waals surface area (Å²) in [4.78, 5) is 22.2. The van der Waals surface area contributed by atoms with Gasteiger partial charge in [0.25, 0.3) is 0 Å². The van der Waals surface area contributed by atoms with Gasteiger partial charge in [0.05, 0.1) is 6.61 Å². The van der Waals surface area contributed by atoms with Crippen molar-refractivity contribution in [3.63, 3.8) is 0 Å². The van der Waals surface area contributed by atoms with E-state index in [4.69, 9.17) is 17.0 Å². The summed E-state index contributed by atoms with van der Waals surface area (Å²) in [6, 6.07) is 0. The Morgan fingerprint density at radius 1 is 1.71 bits per heavy atom. The third-order valence-corrected chi connectivity index (χ3v) is 2.01. The Labute approximate surface area is 84.5 Å². The van der Waals surface area contributed by atoms with Crippen LogP contribution in [-0.2, 0) is 11.8 Å². The zero-order valence-electron chi connectivity index (χ0n) is 7.73. The molecule has 7 heteroatoms. The minimum Gasteiger partial charge on any atom is -0.461 e. The predicted molar refractivity (Wildman–Crippen MR) is 50.6 cm³/mol. The number of aromatic amines is 1. The van der Waals surface area contributed by atoms with Crippen LogP contribution < -0.4 is 5.69 Å². The number of carbonyl (C=O) groups is 1. The molecule has 0 aliphatic rings. The minimum atomic E-state index is -0.635. The molecule has 0 amide bonds. The zero-order chi connectivity index (χ0) is 10.7. The number of aromatic nitrogens is 3. The van der Waals surface area contributed by atoms with Crippen LogP contribution in [-0.4, -0.2) is 27.3 Å². The second kappa shape index (κ2) is 4.14. The van der Waals surface area contributed by atoms with Gasteiger partial charge in [-0.05, 0) is 6.92 Å². The Morgan fingerprint density at radius 3 is 2.93 bits per heavy atom. The first-order chi connectivity index (χ1) is 6.57. The van der Waals surface area contributed by atoms with Crippen LogP contribution in [0, 0.1) is 4.64 Å². The summed E-state index contributed by atoms with van der Waals surface area (Å²) in [7, 11) is 1.45. The highest BCUT2D eigenvalue weighted by Crippen LogP contribution is 1.96. The molecule has 0 aromatic carbocycles. The van der Waals surface area contributed by atoms with Crippen LogP contribution in [0.25, 0.3) is 0 Å². The standard InChI is InChI=1S/C7H9N3O3S/c1-3-13-6(11)4-5(14)10(2)7(12)9-8-4/h3H2,1-2H3,(H,9,12). The molecule has 0 atom stereocenters. The molecule has 0 saturated carbocycles. The van der Waals surface area contributed by atoms with Crippen LogP contribution in [0.15, 0.2) is 4.79 Å². The average Bonchev–Trinajstić information content (AvgIpc) is 2.15. The smallest absolute Gasteiger partial charge is 0.361 e. The highest BCUT2D eigenvalue weighted by atomic mass is 32.1. The van der Waals surface area contributed by atoms with E-state index in [1.807, 2.05) is 0 Å². The van der Waals surface area contributed by atoms with Crippen LogP contribution >= 0.6 is 12.2 Å². The molecule has 1 rings (SSSR count). The van der Waals surface area contributed by atoms with Crippen molar-refractivity contribution in [3.8, 4) is 0 Å². The molecule has 0 aliphatic heterocycles. The summed E-state index contributed by atoms with van der Waals surface area (Å²) in [6.45, 7) is 1.91. The lowest BCUT2D eigenvalue weighted by Gasteiger charge is -2.02. The zero-order valence-corrected chi connectivity index (χ0v) is 8.55. The molecular formula is C7H9N3O3S. The first kappa shape index (κ1) is 10.6. The van der Waals surface area contributed by atoms with Crippen molar-refractivity contribution in [2.24, 2.45) is 7.05 Å². The van der Waals surface area contributed by atoms with Gasteiger partial charge >= 0.3 is 11.7 Å². The lowest BCUT2D eigenvalue weighted by atomic mass is 10.5. The number of carbonyl (C=O) groups excluding carboxylic acids is 1. The van der Waals surface area contributed by atoms with Crippen molar-refractivity contribution >= 4 is 18.2 Å². The molecule has 0 unspecified atom stereocenters. The fourth-order valence-electron chi connectivity index (χ4n) is 0.810. The van der Waals surface area contributed by atoms with Crippen molar-refractivity contribution in [2.75, 3.05) is 6.61 Å². The van der Waals surface area contributed by atoms with E-state index >= 15 is 0 Å². The minimum absolute atomic E-state index is 0.0519. The molecule has 6 nitrogen and oxygen atoms in total. The molecule has 1 aromatic heterocycles. The monoisotopic (exact) mass is 215 g/mol. The summed E-state index contributed by atoms with van der Waals surface area (Å²) in [5.41, 5.74) is -0.521. The molecule has 1 N–H and O–H groups in total. The molecule has 76 valence electrons. The van der Waals surface area contributed by atoms with Gasteiger partial charge in [-0.2, -0.15) is 5.10 Å². The Bertz CT molecular complexity index is 462. The molecule has 0 saturated heterocycles. The number of hydrogen-bond donors (Lipinski definition) is 1. The van der Waals surface area contributed by atoms with Gasteiger partial charge < -0.3 is 4.74 Å². The van der Waals surface area contributed by atoms with E-state index in [9.17, 15) is 9.59 Å². The highest BCUT2D eigenvalue weighted by molar-refractivity contribution is 7.71. The summed E-state index contributed by atoms with van der Waals surface area (Å²) in [6.07, 6.45) is 0. The van der Waals surface area contributed by atoms with Gasteiger partial charge in [-0.1, -0.05) is 12.2 Å². The number of esters is 1. The SMILES string of the molecule is CCOC(=O)c1n[nH]c(=O)n(C)c1=S. The number of rotatable bonds is 2. The maximum atomic E-state index is 11.2. The number of ether oxygens (including phenoxy) is 1. The number of nitrogens with zero attached hydrogens (tertiary/aromatic N) is 2. The first-order valence-corrected chi connectivity index (χ1v) is 4.31. The van der Waals surface area contributed by atoms with E-state index in [0.717, 1.165) is 4.57 Å². The predicted octanol–water partition coefficient (Wildman–Crippen LogP) is 0.0146. The molecule has 14 heavy (non-hydrogen) atoms. The molecule has 1 aromatic rings. The van der Waals surface area contributed by atoms with Crippen LogP contribution in [0.1, 0.15) is 17.4 Å². The van der Waals surface area contributed by atoms with E-state index in [2.05, 4.69) is 10.2 Å². The molecule has 0 fully saturated rings. The second-order valence-electron chi connectivity index (χ2n) is 2.46. The van der Waals surface area contributed by atoms with Crippen molar-refractivity contribution < 1.29 is 9.53 Å². The second-order valence-corrected chi connectivity index (χ2v) is 2.85. The third kappa shape index (κ3) is 1.87. The summed E-state index contributed by atoms with van der Waals surface area (Å²) >= 11 is 4.85. The van der Waals surface area contributed by atoms with Crippen LogP contribution in [0.2, 0.25) is 0 Å². The van der Waals surface area contributed by atoms with E-state index in [1.54, 1.807) is 6.92 Å². The normalized spacial score (nSPS) is 9.86. The maximum absolute atomic E-state index is 11.2. The van der Waals surface area contributed by atoms with E-state index in [0.29, 0.717) is 0 Å². The van der Waals surface area contributed by atoms with Gasteiger partial charge in [-0.3, -0.25) is 4.57 Å². The van der Waals surface area contributed by atoms with E-state index in [1.165, 1.54) is 7.05 Å². The Kier molecular flexibility index (Phi) is 3.13. The molecular weight excluding hydrogens is 206 g/mol. The lowest BCUT2D eigenvalue weighted by Crippen LogP contribution is -2.25. The van der Waals surface area contributed by atoms with Gasteiger partial charge in [-0.25, -0.2) is 14.7 Å². The summed E-state index contributed by atoms with van der Waals surface area (Å²) < 4.78 is 5.88. The van der Waals surface area contributed by atoms with Crippen molar-refractivity contribution in [1.82, 2.24) is 14.8 Å². The van der Waals surface area contributed by atoms with Gasteiger partial charge in [0.1, 0.15) is 4.64 Å². The quantitative estimate of drug-likeness (QED) is 0.555. The Balaban J connectivity index is 3.25. The molecule has 0 bridgehead atoms. The number of H-pyrrole nitrogens is 1. The number of hydrogen-bond acceptors (Lipinski definition) is 5. The molecule has 0 aliphatic carbocycles. The van der Waals surface area contributed by atoms with Gasteiger partial charge in [0.2, 0.25) is 5.69 Å². The molecule has 0 radical (unpaired) electrons.